The fraction of sp³-hybridized carbons (Fsp3) is 0.562. The van der Waals surface area contributed by atoms with Crippen LogP contribution in [-0.4, -0.2) is 9.55 Å². The Morgan fingerprint density at radius 3 is 2.74 bits per heavy atom. The Balaban J connectivity index is 2.21. The summed E-state index contributed by atoms with van der Waals surface area (Å²) < 4.78 is 2.42. The second-order valence-electron chi connectivity index (χ2n) is 5.96. The molecule has 19 heavy (non-hydrogen) atoms. The van der Waals surface area contributed by atoms with E-state index in [4.69, 9.17) is 16.6 Å². The van der Waals surface area contributed by atoms with Gasteiger partial charge in [-0.05, 0) is 43.2 Å². The number of halogens is 1. The van der Waals surface area contributed by atoms with Crippen LogP contribution < -0.4 is 0 Å². The summed E-state index contributed by atoms with van der Waals surface area (Å²) in [6.07, 6.45) is 2.55. The molecule has 3 rings (SSSR count). The van der Waals surface area contributed by atoms with E-state index in [2.05, 4.69) is 43.5 Å². The second kappa shape index (κ2) is 4.82. The number of benzene rings is 1. The smallest absolute Gasteiger partial charge is 0.125 e. The summed E-state index contributed by atoms with van der Waals surface area (Å²) in [6.45, 7) is 6.89. The van der Waals surface area contributed by atoms with Crippen LogP contribution in [0.25, 0.3) is 11.0 Å². The van der Waals surface area contributed by atoms with E-state index in [9.17, 15) is 0 Å². The zero-order valence-corrected chi connectivity index (χ0v) is 12.6. The van der Waals surface area contributed by atoms with Crippen LogP contribution in [0.2, 0.25) is 0 Å². The van der Waals surface area contributed by atoms with Crippen molar-refractivity contribution in [2.24, 2.45) is 11.8 Å². The molecule has 0 N–H and O–H groups in total. The molecule has 102 valence electrons. The molecule has 1 aromatic heterocycles. The highest BCUT2D eigenvalue weighted by Crippen LogP contribution is 2.42. The monoisotopic (exact) mass is 276 g/mol. The first-order valence-corrected chi connectivity index (χ1v) is 7.69. The van der Waals surface area contributed by atoms with Crippen molar-refractivity contribution < 1.29 is 0 Å². The van der Waals surface area contributed by atoms with Crippen LogP contribution in [-0.2, 0) is 5.88 Å². The van der Waals surface area contributed by atoms with Crippen molar-refractivity contribution in [2.75, 3.05) is 0 Å². The number of imidazole rings is 1. The maximum Gasteiger partial charge on any atom is 0.125 e. The molecule has 0 aliphatic heterocycles. The quantitative estimate of drug-likeness (QED) is 0.728. The fourth-order valence-corrected chi connectivity index (χ4v) is 3.71. The Hall–Kier alpha value is -1.02. The summed E-state index contributed by atoms with van der Waals surface area (Å²) in [5, 5.41) is 0. The molecule has 0 spiro atoms. The van der Waals surface area contributed by atoms with Crippen LogP contribution in [0.3, 0.4) is 0 Å². The third-order valence-electron chi connectivity index (χ3n) is 4.86. The molecular formula is C16H21ClN2. The van der Waals surface area contributed by atoms with Crippen LogP contribution in [0.15, 0.2) is 18.2 Å². The van der Waals surface area contributed by atoms with Crippen LogP contribution in [0, 0.1) is 18.8 Å². The predicted octanol–water partition coefficient (Wildman–Crippen LogP) is 4.69. The van der Waals surface area contributed by atoms with Crippen LogP contribution in [0.5, 0.6) is 0 Å². The van der Waals surface area contributed by atoms with Crippen molar-refractivity contribution in [3.05, 3.63) is 29.6 Å². The molecule has 0 bridgehead atoms. The molecule has 3 atom stereocenters. The lowest BCUT2D eigenvalue weighted by Crippen LogP contribution is -2.17. The van der Waals surface area contributed by atoms with Gasteiger partial charge < -0.3 is 4.57 Å². The zero-order chi connectivity index (χ0) is 13.6. The van der Waals surface area contributed by atoms with Gasteiger partial charge in [-0.2, -0.15) is 0 Å². The van der Waals surface area contributed by atoms with Gasteiger partial charge in [0.15, 0.2) is 0 Å². The van der Waals surface area contributed by atoms with E-state index in [1.54, 1.807) is 0 Å². The number of aromatic nitrogens is 2. The summed E-state index contributed by atoms with van der Waals surface area (Å²) in [5.74, 6) is 3.00. The largest absolute Gasteiger partial charge is 0.323 e. The zero-order valence-electron chi connectivity index (χ0n) is 11.9. The molecular weight excluding hydrogens is 256 g/mol. The van der Waals surface area contributed by atoms with E-state index >= 15 is 0 Å². The second-order valence-corrected chi connectivity index (χ2v) is 6.22. The SMILES string of the molecule is Cc1cccc2nc(CCl)n(C3CCC(C)C3C)c12. The Bertz CT molecular complexity index is 602. The normalized spacial score (nSPS) is 27.3. The van der Waals surface area contributed by atoms with Crippen molar-refractivity contribution in [1.82, 2.24) is 9.55 Å². The van der Waals surface area contributed by atoms with E-state index in [0.29, 0.717) is 17.8 Å². The van der Waals surface area contributed by atoms with E-state index in [1.807, 2.05) is 0 Å². The summed E-state index contributed by atoms with van der Waals surface area (Å²) >= 11 is 6.14. The van der Waals surface area contributed by atoms with Crippen LogP contribution >= 0.6 is 11.6 Å². The minimum Gasteiger partial charge on any atom is -0.323 e. The molecule has 3 unspecified atom stereocenters. The average molecular weight is 277 g/mol. The predicted molar refractivity (Wildman–Crippen MR) is 80.6 cm³/mol. The molecule has 1 saturated carbocycles. The van der Waals surface area contributed by atoms with Gasteiger partial charge in [-0.15, -0.1) is 11.6 Å². The third kappa shape index (κ3) is 1.97. The lowest BCUT2D eigenvalue weighted by molar-refractivity contribution is 0.354. The number of para-hydroxylation sites is 1. The highest BCUT2D eigenvalue weighted by molar-refractivity contribution is 6.16. The Morgan fingerprint density at radius 1 is 1.32 bits per heavy atom. The number of hydrogen-bond acceptors (Lipinski definition) is 1. The van der Waals surface area contributed by atoms with E-state index < -0.39 is 0 Å². The highest BCUT2D eigenvalue weighted by atomic mass is 35.5. The van der Waals surface area contributed by atoms with Gasteiger partial charge in [0.05, 0.1) is 16.9 Å². The lowest BCUT2D eigenvalue weighted by atomic mass is 9.97. The van der Waals surface area contributed by atoms with Crippen LogP contribution in [0.4, 0.5) is 0 Å². The van der Waals surface area contributed by atoms with Gasteiger partial charge in [0.1, 0.15) is 5.82 Å². The molecule has 1 aliphatic carbocycles. The van der Waals surface area contributed by atoms with Gasteiger partial charge in [0, 0.05) is 6.04 Å². The molecule has 1 heterocycles. The molecule has 2 nitrogen and oxygen atoms in total. The maximum atomic E-state index is 6.14. The first-order chi connectivity index (χ1) is 9.13. The molecule has 1 aromatic carbocycles. The first kappa shape index (κ1) is 13.0. The number of rotatable bonds is 2. The Morgan fingerprint density at radius 2 is 2.11 bits per heavy atom. The molecule has 0 saturated heterocycles. The standard InChI is InChI=1S/C16H21ClN2/c1-10-7-8-14(12(10)3)19-15(9-17)18-13-6-4-5-11(2)16(13)19/h4-6,10,12,14H,7-9H2,1-3H3. The van der Waals surface area contributed by atoms with E-state index in [-0.39, 0.29) is 0 Å². The van der Waals surface area contributed by atoms with Crippen molar-refractivity contribution in [3.63, 3.8) is 0 Å². The molecule has 1 aliphatic rings. The summed E-state index contributed by atoms with van der Waals surface area (Å²) in [4.78, 5) is 4.73. The van der Waals surface area contributed by atoms with Crippen molar-refractivity contribution in [1.29, 1.82) is 0 Å². The van der Waals surface area contributed by atoms with Gasteiger partial charge in [0.25, 0.3) is 0 Å². The first-order valence-electron chi connectivity index (χ1n) is 7.16. The number of nitrogens with zero attached hydrogens (tertiary/aromatic N) is 2. The number of fused-ring (bicyclic) bond motifs is 1. The minimum atomic E-state index is 0.492. The van der Waals surface area contributed by atoms with Gasteiger partial charge in [-0.1, -0.05) is 26.0 Å². The van der Waals surface area contributed by atoms with Gasteiger partial charge >= 0.3 is 0 Å². The number of aryl methyl sites for hydroxylation is 1. The maximum absolute atomic E-state index is 6.14. The van der Waals surface area contributed by atoms with E-state index in [0.717, 1.165) is 17.3 Å². The fourth-order valence-electron chi connectivity index (χ4n) is 3.52. The number of alkyl halides is 1. The number of hydrogen-bond donors (Lipinski definition) is 0. The summed E-state index contributed by atoms with van der Waals surface area (Å²) in [6, 6.07) is 6.89. The molecule has 2 aromatic rings. The summed E-state index contributed by atoms with van der Waals surface area (Å²) in [5.41, 5.74) is 3.67. The van der Waals surface area contributed by atoms with Gasteiger partial charge in [-0.25, -0.2) is 4.98 Å². The van der Waals surface area contributed by atoms with Gasteiger partial charge in [-0.3, -0.25) is 0 Å². The van der Waals surface area contributed by atoms with Crippen molar-refractivity contribution in [3.8, 4) is 0 Å². The van der Waals surface area contributed by atoms with Crippen LogP contribution in [0.1, 0.15) is 44.1 Å². The van der Waals surface area contributed by atoms with Crippen molar-refractivity contribution in [2.45, 2.75) is 45.5 Å². The van der Waals surface area contributed by atoms with E-state index in [1.165, 1.54) is 23.9 Å². The molecule has 0 amide bonds. The lowest BCUT2D eigenvalue weighted by Gasteiger charge is -2.23. The minimum absolute atomic E-state index is 0.492. The topological polar surface area (TPSA) is 17.8 Å². The Labute approximate surface area is 119 Å². The average Bonchev–Trinajstić information content (AvgIpc) is 2.92. The van der Waals surface area contributed by atoms with Crippen molar-refractivity contribution >= 4 is 22.6 Å². The molecule has 3 heteroatoms. The highest BCUT2D eigenvalue weighted by Gasteiger charge is 2.33. The third-order valence-corrected chi connectivity index (χ3v) is 5.10. The Kier molecular flexibility index (Phi) is 3.30. The summed E-state index contributed by atoms with van der Waals surface area (Å²) in [7, 11) is 0. The van der Waals surface area contributed by atoms with Gasteiger partial charge in [0.2, 0.25) is 0 Å². The molecule has 1 fully saturated rings. The molecule has 0 radical (unpaired) electrons.